The maximum atomic E-state index is 13.1. The molecule has 1 aliphatic rings. The number of ketones is 1. The van der Waals surface area contributed by atoms with E-state index in [2.05, 4.69) is 0 Å². The molecule has 0 radical (unpaired) electrons. The van der Waals surface area contributed by atoms with Gasteiger partial charge in [0.2, 0.25) is 0 Å². The van der Waals surface area contributed by atoms with Crippen molar-refractivity contribution in [3.05, 3.63) is 130 Å². The highest BCUT2D eigenvalue weighted by Gasteiger charge is 2.46. The zero-order valence-electron chi connectivity index (χ0n) is 19.1. The maximum Gasteiger partial charge on any atom is 0.296 e. The standard InChI is InChI=1S/C29H22ClNO5/c30-22-12-8-21(9-13-22)27(32)25-26(31(29(34)28(25)33)17-24-7-4-16-35-24)20-10-14-23(15-11-20)36-18-19-5-2-1-3-6-19/h1-16,26,32H,17-18H2/b27-25-. The minimum Gasteiger partial charge on any atom is -0.507 e. The molecule has 1 fully saturated rings. The number of likely N-dealkylation sites (tertiary alicyclic amines) is 1. The summed E-state index contributed by atoms with van der Waals surface area (Å²) in [6.07, 6.45) is 1.51. The molecule has 6 nitrogen and oxygen atoms in total. The lowest BCUT2D eigenvalue weighted by Gasteiger charge is -2.24. The average molecular weight is 500 g/mol. The number of aliphatic hydroxyl groups is 1. The number of carbonyl (C=O) groups excluding carboxylic acids is 2. The molecule has 0 aliphatic carbocycles. The van der Waals surface area contributed by atoms with Crippen molar-refractivity contribution in [3.63, 3.8) is 0 Å². The molecule has 5 rings (SSSR count). The number of aliphatic hydroxyl groups excluding tert-OH is 1. The molecule has 1 saturated heterocycles. The van der Waals surface area contributed by atoms with Crippen LogP contribution < -0.4 is 4.74 Å². The molecule has 3 aromatic carbocycles. The summed E-state index contributed by atoms with van der Waals surface area (Å²) in [6.45, 7) is 0.486. The molecule has 1 atom stereocenters. The normalized spacial score (nSPS) is 16.9. The van der Waals surface area contributed by atoms with Gasteiger partial charge in [-0.3, -0.25) is 9.59 Å². The van der Waals surface area contributed by atoms with Crippen LogP contribution in [0.15, 0.2) is 107 Å². The first-order chi connectivity index (χ1) is 17.5. The highest BCUT2D eigenvalue weighted by atomic mass is 35.5. The fraction of sp³-hybridized carbons (Fsp3) is 0.103. The molecule has 2 heterocycles. The predicted octanol–water partition coefficient (Wildman–Crippen LogP) is 6.13. The minimum absolute atomic E-state index is 0.00633. The zero-order valence-corrected chi connectivity index (χ0v) is 19.9. The van der Waals surface area contributed by atoms with E-state index in [-0.39, 0.29) is 17.9 Å². The van der Waals surface area contributed by atoms with Crippen LogP contribution in [0.1, 0.15) is 28.5 Å². The number of ether oxygens (including phenoxy) is 1. The van der Waals surface area contributed by atoms with E-state index in [1.807, 2.05) is 30.3 Å². The Bertz CT molecular complexity index is 1390. The first-order valence-electron chi connectivity index (χ1n) is 11.3. The van der Waals surface area contributed by atoms with Gasteiger partial charge in [-0.1, -0.05) is 54.1 Å². The van der Waals surface area contributed by atoms with Gasteiger partial charge in [0, 0.05) is 10.6 Å². The number of nitrogens with zero attached hydrogens (tertiary/aromatic N) is 1. The monoisotopic (exact) mass is 499 g/mol. The van der Waals surface area contributed by atoms with Crippen molar-refractivity contribution in [2.45, 2.75) is 19.2 Å². The van der Waals surface area contributed by atoms with E-state index >= 15 is 0 Å². The summed E-state index contributed by atoms with van der Waals surface area (Å²) in [6, 6.07) is 26.0. The van der Waals surface area contributed by atoms with Crippen molar-refractivity contribution < 1.29 is 23.8 Å². The lowest BCUT2D eigenvalue weighted by molar-refractivity contribution is -0.140. The number of amides is 1. The van der Waals surface area contributed by atoms with Crippen LogP contribution in [-0.2, 0) is 22.7 Å². The zero-order chi connectivity index (χ0) is 25.1. The van der Waals surface area contributed by atoms with Gasteiger partial charge in [0.15, 0.2) is 0 Å². The third-order valence-electron chi connectivity index (χ3n) is 6.01. The molecule has 1 aromatic heterocycles. The van der Waals surface area contributed by atoms with Crippen molar-refractivity contribution in [2.24, 2.45) is 0 Å². The Morgan fingerprint density at radius 1 is 0.917 bits per heavy atom. The smallest absolute Gasteiger partial charge is 0.296 e. The van der Waals surface area contributed by atoms with Crippen molar-refractivity contribution in [1.82, 2.24) is 4.90 Å². The average Bonchev–Trinajstić information content (AvgIpc) is 3.51. The summed E-state index contributed by atoms with van der Waals surface area (Å²) in [5, 5.41) is 11.6. The van der Waals surface area contributed by atoms with Gasteiger partial charge in [-0.15, -0.1) is 0 Å². The Balaban J connectivity index is 1.50. The van der Waals surface area contributed by atoms with Crippen LogP contribution in [0, 0.1) is 0 Å². The van der Waals surface area contributed by atoms with Crippen molar-refractivity contribution in [3.8, 4) is 5.75 Å². The van der Waals surface area contributed by atoms with E-state index < -0.39 is 17.7 Å². The summed E-state index contributed by atoms with van der Waals surface area (Å²) in [5.41, 5.74) is 2.09. The molecule has 0 spiro atoms. The van der Waals surface area contributed by atoms with Crippen LogP contribution in [0.2, 0.25) is 5.02 Å². The molecule has 0 saturated carbocycles. The molecule has 1 unspecified atom stereocenters. The summed E-state index contributed by atoms with van der Waals surface area (Å²) >= 11 is 5.99. The Labute approximate surface area is 213 Å². The summed E-state index contributed by atoms with van der Waals surface area (Å²) in [4.78, 5) is 27.6. The van der Waals surface area contributed by atoms with Crippen LogP contribution in [0.25, 0.3) is 5.76 Å². The van der Waals surface area contributed by atoms with Crippen molar-refractivity contribution >= 4 is 29.1 Å². The molecule has 4 aromatic rings. The Kier molecular flexibility index (Phi) is 6.60. The number of furan rings is 1. The number of Topliss-reactive ketones (excluding diaryl/α,β-unsaturated/α-hetero) is 1. The molecular weight excluding hydrogens is 478 g/mol. The summed E-state index contributed by atoms with van der Waals surface area (Å²) in [7, 11) is 0. The molecule has 180 valence electrons. The maximum absolute atomic E-state index is 13.1. The second-order valence-corrected chi connectivity index (χ2v) is 8.79. The van der Waals surface area contributed by atoms with E-state index in [1.54, 1.807) is 60.7 Å². The van der Waals surface area contributed by atoms with Crippen LogP contribution >= 0.6 is 11.6 Å². The Hall–Kier alpha value is -4.29. The van der Waals surface area contributed by atoms with E-state index in [0.717, 1.165) is 5.56 Å². The van der Waals surface area contributed by atoms with Crippen LogP contribution in [0.4, 0.5) is 0 Å². The fourth-order valence-electron chi connectivity index (χ4n) is 4.21. The van der Waals surface area contributed by atoms with Crippen molar-refractivity contribution in [2.75, 3.05) is 0 Å². The number of hydrogen-bond donors (Lipinski definition) is 1. The number of carbonyl (C=O) groups is 2. The van der Waals surface area contributed by atoms with Gasteiger partial charge in [0.05, 0.1) is 24.4 Å². The van der Waals surface area contributed by atoms with Gasteiger partial charge in [-0.25, -0.2) is 0 Å². The molecule has 36 heavy (non-hydrogen) atoms. The third-order valence-corrected chi connectivity index (χ3v) is 6.26. The second-order valence-electron chi connectivity index (χ2n) is 8.36. The molecule has 1 amide bonds. The molecule has 1 aliphatic heterocycles. The largest absolute Gasteiger partial charge is 0.507 e. The Morgan fingerprint density at radius 3 is 2.31 bits per heavy atom. The third kappa shape index (κ3) is 4.76. The minimum atomic E-state index is -0.811. The van der Waals surface area contributed by atoms with Crippen LogP contribution in [-0.4, -0.2) is 21.7 Å². The predicted molar refractivity (Wildman–Crippen MR) is 135 cm³/mol. The molecule has 0 bridgehead atoms. The summed E-state index contributed by atoms with van der Waals surface area (Å²) in [5.74, 6) is -0.569. The van der Waals surface area contributed by atoms with E-state index in [9.17, 15) is 14.7 Å². The quantitative estimate of drug-likeness (QED) is 0.188. The highest BCUT2D eigenvalue weighted by molar-refractivity contribution is 6.46. The number of benzene rings is 3. The first kappa shape index (κ1) is 23.5. The topological polar surface area (TPSA) is 80.0 Å². The van der Waals surface area contributed by atoms with Gasteiger partial charge in [0.25, 0.3) is 11.7 Å². The number of rotatable bonds is 7. The lowest BCUT2D eigenvalue weighted by atomic mass is 9.95. The van der Waals surface area contributed by atoms with Crippen molar-refractivity contribution in [1.29, 1.82) is 0 Å². The number of hydrogen-bond acceptors (Lipinski definition) is 5. The lowest BCUT2D eigenvalue weighted by Crippen LogP contribution is -2.29. The Morgan fingerprint density at radius 2 is 1.64 bits per heavy atom. The van der Waals surface area contributed by atoms with Gasteiger partial charge in [0.1, 0.15) is 23.9 Å². The van der Waals surface area contributed by atoms with Gasteiger partial charge in [-0.2, -0.15) is 0 Å². The SMILES string of the molecule is O=C1C(=O)N(Cc2ccco2)C(c2ccc(OCc3ccccc3)cc2)/C1=C(/O)c1ccc(Cl)cc1. The molecule has 1 N–H and O–H groups in total. The fourth-order valence-corrected chi connectivity index (χ4v) is 4.34. The molecule has 7 heteroatoms. The van der Waals surface area contributed by atoms with E-state index in [0.29, 0.717) is 34.3 Å². The van der Waals surface area contributed by atoms with Gasteiger partial charge >= 0.3 is 0 Å². The van der Waals surface area contributed by atoms with E-state index in [1.165, 1.54) is 11.2 Å². The van der Waals surface area contributed by atoms with E-state index in [4.69, 9.17) is 20.8 Å². The van der Waals surface area contributed by atoms with Gasteiger partial charge in [-0.05, 0) is 59.7 Å². The molecular formula is C29H22ClNO5. The second kappa shape index (κ2) is 10.1. The van der Waals surface area contributed by atoms with Crippen LogP contribution in [0.5, 0.6) is 5.75 Å². The van der Waals surface area contributed by atoms with Crippen LogP contribution in [0.3, 0.4) is 0 Å². The first-order valence-corrected chi connectivity index (χ1v) is 11.7. The number of halogens is 1. The van der Waals surface area contributed by atoms with Gasteiger partial charge < -0.3 is 19.2 Å². The summed E-state index contributed by atoms with van der Waals surface area (Å²) < 4.78 is 11.3. The highest BCUT2D eigenvalue weighted by Crippen LogP contribution is 2.40.